The van der Waals surface area contributed by atoms with E-state index in [9.17, 15) is 4.79 Å². The maximum absolute atomic E-state index is 11.9. The molecule has 2 aliphatic heterocycles. The van der Waals surface area contributed by atoms with Crippen molar-refractivity contribution in [1.29, 1.82) is 0 Å². The number of fused-ring (bicyclic) bond motifs is 2. The highest BCUT2D eigenvalue weighted by atomic mass is 16.5. The molecule has 2 fully saturated rings. The number of ketones is 1. The normalized spacial score (nSPS) is 52.4. The van der Waals surface area contributed by atoms with Crippen LogP contribution in [0.15, 0.2) is 0 Å². The van der Waals surface area contributed by atoms with E-state index in [4.69, 9.17) is 9.47 Å². The van der Waals surface area contributed by atoms with Crippen LogP contribution in [0.2, 0.25) is 0 Å². The van der Waals surface area contributed by atoms with Crippen LogP contribution < -0.4 is 0 Å². The Labute approximate surface area is 84.8 Å². The van der Waals surface area contributed by atoms with E-state index in [1.807, 2.05) is 6.92 Å². The summed E-state index contributed by atoms with van der Waals surface area (Å²) in [7, 11) is 1.61. The summed E-state index contributed by atoms with van der Waals surface area (Å²) in [6.45, 7) is 6.30. The highest BCUT2D eigenvalue weighted by Gasteiger charge is 2.54. The first-order chi connectivity index (χ1) is 6.57. The van der Waals surface area contributed by atoms with E-state index in [0.29, 0.717) is 11.8 Å². The van der Waals surface area contributed by atoms with E-state index in [2.05, 4.69) is 13.8 Å². The van der Waals surface area contributed by atoms with Crippen molar-refractivity contribution in [3.63, 3.8) is 0 Å². The van der Waals surface area contributed by atoms with Gasteiger partial charge in [0.15, 0.2) is 5.78 Å². The van der Waals surface area contributed by atoms with Crippen molar-refractivity contribution in [3.8, 4) is 0 Å². The molecule has 14 heavy (non-hydrogen) atoms. The zero-order valence-corrected chi connectivity index (χ0v) is 9.19. The second-order valence-corrected chi connectivity index (χ2v) is 4.66. The van der Waals surface area contributed by atoms with E-state index in [1.54, 1.807) is 7.11 Å². The van der Waals surface area contributed by atoms with Crippen LogP contribution in [-0.2, 0) is 14.3 Å². The van der Waals surface area contributed by atoms with Crippen LogP contribution >= 0.6 is 0 Å². The first kappa shape index (κ1) is 10.1. The second-order valence-electron chi connectivity index (χ2n) is 4.66. The molecular formula is C11H18O3. The van der Waals surface area contributed by atoms with Crippen LogP contribution in [0.25, 0.3) is 0 Å². The molecule has 2 bridgehead atoms. The van der Waals surface area contributed by atoms with Gasteiger partial charge >= 0.3 is 0 Å². The number of hydrogen-bond donors (Lipinski definition) is 0. The van der Waals surface area contributed by atoms with Crippen LogP contribution in [0.4, 0.5) is 0 Å². The lowest BCUT2D eigenvalue weighted by Gasteiger charge is -2.33. The molecule has 0 N–H and O–H groups in total. The number of carbonyl (C=O) groups is 1. The molecule has 0 radical (unpaired) electrons. The third-order valence-electron chi connectivity index (χ3n) is 3.94. The van der Waals surface area contributed by atoms with Crippen molar-refractivity contribution in [2.45, 2.75) is 39.1 Å². The second kappa shape index (κ2) is 3.31. The average Bonchev–Trinajstić information content (AvgIpc) is 2.42. The van der Waals surface area contributed by atoms with E-state index in [1.165, 1.54) is 0 Å². The molecule has 80 valence electrons. The van der Waals surface area contributed by atoms with Crippen molar-refractivity contribution in [2.75, 3.05) is 7.11 Å². The Morgan fingerprint density at radius 1 is 1.14 bits per heavy atom. The van der Waals surface area contributed by atoms with Crippen LogP contribution in [0.3, 0.4) is 0 Å². The lowest BCUT2D eigenvalue weighted by molar-refractivity contribution is -0.161. The van der Waals surface area contributed by atoms with Crippen LogP contribution in [0.1, 0.15) is 20.8 Å². The minimum atomic E-state index is -0.258. The van der Waals surface area contributed by atoms with E-state index in [0.717, 1.165) is 0 Å². The van der Waals surface area contributed by atoms with Gasteiger partial charge in [-0.15, -0.1) is 0 Å². The lowest BCUT2D eigenvalue weighted by Crippen LogP contribution is -2.47. The molecule has 0 aromatic heterocycles. The van der Waals surface area contributed by atoms with E-state index < -0.39 is 0 Å². The number of hydrogen-bond acceptors (Lipinski definition) is 3. The Balaban J connectivity index is 2.29. The van der Waals surface area contributed by atoms with Gasteiger partial charge in [0.1, 0.15) is 12.2 Å². The van der Waals surface area contributed by atoms with Gasteiger partial charge in [0.05, 0.1) is 6.10 Å². The summed E-state index contributed by atoms with van der Waals surface area (Å²) in [6, 6.07) is 0. The van der Waals surface area contributed by atoms with Gasteiger partial charge in [-0.25, -0.2) is 0 Å². The lowest BCUT2D eigenvalue weighted by atomic mass is 9.88. The molecule has 2 rings (SSSR count). The van der Waals surface area contributed by atoms with E-state index >= 15 is 0 Å². The third kappa shape index (κ3) is 1.15. The molecule has 0 aromatic rings. The number of ether oxygens (including phenoxy) is 2. The average molecular weight is 198 g/mol. The molecule has 0 aliphatic carbocycles. The Kier molecular flexibility index (Phi) is 2.40. The summed E-state index contributed by atoms with van der Waals surface area (Å²) < 4.78 is 11.0. The van der Waals surface area contributed by atoms with Gasteiger partial charge in [0.25, 0.3) is 0 Å². The molecule has 3 nitrogen and oxygen atoms in total. The summed E-state index contributed by atoms with van der Waals surface area (Å²) >= 11 is 0. The fraction of sp³-hybridized carbons (Fsp3) is 0.909. The monoisotopic (exact) mass is 198 g/mol. The fourth-order valence-electron chi connectivity index (χ4n) is 2.85. The fourth-order valence-corrected chi connectivity index (χ4v) is 2.85. The molecule has 6 atom stereocenters. The molecule has 2 heterocycles. The van der Waals surface area contributed by atoms with Crippen molar-refractivity contribution >= 4 is 5.78 Å². The van der Waals surface area contributed by atoms with Crippen LogP contribution in [0.5, 0.6) is 0 Å². The summed E-state index contributed by atoms with van der Waals surface area (Å²) in [5, 5.41) is 0. The van der Waals surface area contributed by atoms with Gasteiger partial charge in [0, 0.05) is 13.0 Å². The van der Waals surface area contributed by atoms with Gasteiger partial charge in [-0.3, -0.25) is 4.79 Å². The molecule has 2 aliphatic rings. The van der Waals surface area contributed by atoms with Gasteiger partial charge in [-0.1, -0.05) is 20.8 Å². The van der Waals surface area contributed by atoms with Gasteiger partial charge in [0.2, 0.25) is 0 Å². The van der Waals surface area contributed by atoms with Crippen LogP contribution in [0, 0.1) is 17.8 Å². The quantitative estimate of drug-likeness (QED) is 0.636. The molecule has 0 unspecified atom stereocenters. The zero-order valence-electron chi connectivity index (χ0n) is 9.19. The maximum atomic E-state index is 11.9. The minimum absolute atomic E-state index is 0.132. The van der Waals surface area contributed by atoms with Gasteiger partial charge in [-0.2, -0.15) is 0 Å². The summed E-state index contributed by atoms with van der Waals surface area (Å²) in [6.07, 6.45) is -0.292. The molecule has 0 aromatic carbocycles. The number of rotatable bonds is 1. The third-order valence-corrected chi connectivity index (χ3v) is 3.94. The Morgan fingerprint density at radius 3 is 2.36 bits per heavy atom. The summed E-state index contributed by atoms with van der Waals surface area (Å²) in [5.74, 6) is 1.10. The number of methoxy groups -OCH3 is 1. The Bertz CT molecular complexity index is 247. The SMILES string of the molecule is CO[C@@H]1C(=O)[C@H]2O[C@H]([C@H](C)[C@H]2C)[C@H]1C. The minimum Gasteiger partial charge on any atom is -0.373 e. The molecule has 0 spiro atoms. The van der Waals surface area contributed by atoms with Gasteiger partial charge < -0.3 is 9.47 Å². The first-order valence-corrected chi connectivity index (χ1v) is 5.30. The van der Waals surface area contributed by atoms with Crippen molar-refractivity contribution in [1.82, 2.24) is 0 Å². The van der Waals surface area contributed by atoms with E-state index in [-0.39, 0.29) is 30.0 Å². The van der Waals surface area contributed by atoms with Crippen LogP contribution in [-0.4, -0.2) is 31.2 Å². The van der Waals surface area contributed by atoms with Crippen molar-refractivity contribution in [2.24, 2.45) is 17.8 Å². The standard InChI is InChI=1S/C11H18O3/c1-5-6(2)11-8(12)10(13-4)7(3)9(5)14-11/h5-7,9-11H,1-4H3/t5-,6-,7-,9-,10+,11+/m1/s1. The summed E-state index contributed by atoms with van der Waals surface area (Å²) in [4.78, 5) is 11.9. The van der Waals surface area contributed by atoms with Gasteiger partial charge in [-0.05, 0) is 11.8 Å². The molecule has 0 saturated carbocycles. The predicted molar refractivity (Wildman–Crippen MR) is 52.0 cm³/mol. The molecular weight excluding hydrogens is 180 g/mol. The molecule has 0 amide bonds. The first-order valence-electron chi connectivity index (χ1n) is 5.30. The Hall–Kier alpha value is -0.410. The molecule has 3 heteroatoms. The smallest absolute Gasteiger partial charge is 0.190 e. The number of Topliss-reactive ketones (excluding diaryl/α,β-unsaturated/α-hetero) is 1. The topological polar surface area (TPSA) is 35.5 Å². The number of carbonyl (C=O) groups excluding carboxylic acids is 1. The Morgan fingerprint density at radius 2 is 1.79 bits per heavy atom. The largest absolute Gasteiger partial charge is 0.373 e. The summed E-state index contributed by atoms with van der Waals surface area (Å²) in [5.41, 5.74) is 0. The van der Waals surface area contributed by atoms with Crippen molar-refractivity contribution < 1.29 is 14.3 Å². The van der Waals surface area contributed by atoms with Crippen molar-refractivity contribution in [3.05, 3.63) is 0 Å². The molecule has 2 saturated heterocycles. The predicted octanol–water partition coefficient (Wildman–Crippen LogP) is 1.26. The maximum Gasteiger partial charge on any atom is 0.190 e. The highest BCUT2D eigenvalue weighted by molar-refractivity contribution is 5.89. The zero-order chi connectivity index (χ0) is 10.5. The highest BCUT2D eigenvalue weighted by Crippen LogP contribution is 2.42.